The smallest absolute Gasteiger partial charge is 0.326 e. The molecule has 0 radical (unpaired) electrons. The highest BCUT2D eigenvalue weighted by atomic mass is 16.4. The van der Waals surface area contributed by atoms with E-state index < -0.39 is 12.0 Å². The number of carbonyl (C=O) groups excluding carboxylic acids is 1. The third-order valence-electron chi connectivity index (χ3n) is 2.30. The first-order valence-electron chi connectivity index (χ1n) is 5.26. The predicted molar refractivity (Wildman–Crippen MR) is 58.9 cm³/mol. The highest BCUT2D eigenvalue weighted by molar-refractivity contribution is 5.83. The summed E-state index contributed by atoms with van der Waals surface area (Å²) in [5.74, 6) is -1.22. The van der Waals surface area contributed by atoms with Crippen LogP contribution < -0.4 is 5.32 Å². The summed E-state index contributed by atoms with van der Waals surface area (Å²) >= 11 is 0. The van der Waals surface area contributed by atoms with Gasteiger partial charge in [-0.1, -0.05) is 6.92 Å². The number of hydrogen-bond acceptors (Lipinski definition) is 2. The molecule has 0 aliphatic heterocycles. The number of nitrogens with zero attached hydrogens (tertiary/aromatic N) is 1. The fourth-order valence-electron chi connectivity index (χ4n) is 1.35. The Kier molecular flexibility index (Phi) is 4.57. The average Bonchev–Trinajstić information content (AvgIpc) is 2.75. The largest absolute Gasteiger partial charge is 0.480 e. The van der Waals surface area contributed by atoms with Gasteiger partial charge in [0.2, 0.25) is 5.91 Å². The van der Waals surface area contributed by atoms with Crippen molar-refractivity contribution in [2.75, 3.05) is 0 Å². The van der Waals surface area contributed by atoms with Gasteiger partial charge in [0.25, 0.3) is 0 Å². The lowest BCUT2D eigenvalue weighted by Crippen LogP contribution is -2.40. The first-order chi connectivity index (χ1) is 7.63. The minimum absolute atomic E-state index is 0.233. The molecule has 5 heteroatoms. The highest BCUT2D eigenvalue weighted by Crippen LogP contribution is 1.96. The fourth-order valence-corrected chi connectivity index (χ4v) is 1.35. The van der Waals surface area contributed by atoms with Crippen LogP contribution in [-0.4, -0.2) is 27.6 Å². The Morgan fingerprint density at radius 1 is 1.38 bits per heavy atom. The Hall–Kier alpha value is -1.78. The van der Waals surface area contributed by atoms with Gasteiger partial charge in [0.15, 0.2) is 0 Å². The summed E-state index contributed by atoms with van der Waals surface area (Å²) in [4.78, 5) is 22.1. The van der Waals surface area contributed by atoms with E-state index in [-0.39, 0.29) is 5.91 Å². The van der Waals surface area contributed by atoms with Crippen molar-refractivity contribution < 1.29 is 14.7 Å². The van der Waals surface area contributed by atoms with Crippen molar-refractivity contribution in [3.05, 3.63) is 24.5 Å². The van der Waals surface area contributed by atoms with Crippen molar-refractivity contribution in [2.45, 2.75) is 32.4 Å². The molecule has 1 aromatic heterocycles. The van der Waals surface area contributed by atoms with E-state index >= 15 is 0 Å². The summed E-state index contributed by atoms with van der Waals surface area (Å²) < 4.78 is 1.88. The zero-order valence-corrected chi connectivity index (χ0v) is 9.22. The number of rotatable bonds is 6. The molecule has 88 valence electrons. The molecule has 16 heavy (non-hydrogen) atoms. The normalized spacial score (nSPS) is 12.1. The second kappa shape index (κ2) is 5.95. The van der Waals surface area contributed by atoms with E-state index in [2.05, 4.69) is 5.32 Å². The van der Waals surface area contributed by atoms with Crippen molar-refractivity contribution in [1.29, 1.82) is 0 Å². The number of aryl methyl sites for hydroxylation is 1. The summed E-state index contributed by atoms with van der Waals surface area (Å²) in [7, 11) is 0. The molecule has 1 heterocycles. The second-order valence-electron chi connectivity index (χ2n) is 3.54. The molecule has 0 aromatic carbocycles. The van der Waals surface area contributed by atoms with Gasteiger partial charge in [0.05, 0.1) is 0 Å². The molecular weight excluding hydrogens is 208 g/mol. The first-order valence-corrected chi connectivity index (χ1v) is 5.26. The van der Waals surface area contributed by atoms with Crippen LogP contribution in [-0.2, 0) is 16.1 Å². The average molecular weight is 224 g/mol. The monoisotopic (exact) mass is 224 g/mol. The maximum Gasteiger partial charge on any atom is 0.326 e. The van der Waals surface area contributed by atoms with E-state index in [9.17, 15) is 9.59 Å². The molecule has 1 unspecified atom stereocenters. The number of carbonyl (C=O) groups is 2. The standard InChI is InChI=1S/C11H16N2O3/c1-2-9(11(15)16)12-10(14)5-8-13-6-3-4-7-13/h3-4,6-7,9H,2,5,8H2,1H3,(H,12,14)(H,15,16). The molecule has 1 aromatic rings. The number of nitrogens with one attached hydrogen (secondary N) is 1. The molecule has 1 amide bonds. The van der Waals surface area contributed by atoms with E-state index in [1.54, 1.807) is 6.92 Å². The Labute approximate surface area is 94.1 Å². The topological polar surface area (TPSA) is 71.3 Å². The first kappa shape index (κ1) is 12.3. The van der Waals surface area contributed by atoms with Gasteiger partial charge >= 0.3 is 5.97 Å². The van der Waals surface area contributed by atoms with E-state index in [0.29, 0.717) is 19.4 Å². The van der Waals surface area contributed by atoms with Crippen LogP contribution in [0, 0.1) is 0 Å². The van der Waals surface area contributed by atoms with Gasteiger partial charge in [0.1, 0.15) is 6.04 Å². The summed E-state index contributed by atoms with van der Waals surface area (Å²) in [6.07, 6.45) is 4.41. The minimum Gasteiger partial charge on any atom is -0.480 e. The molecule has 1 rings (SSSR count). The van der Waals surface area contributed by atoms with E-state index in [4.69, 9.17) is 5.11 Å². The van der Waals surface area contributed by atoms with Crippen LogP contribution in [0.15, 0.2) is 24.5 Å². The third-order valence-corrected chi connectivity index (χ3v) is 2.30. The summed E-state index contributed by atoms with van der Waals surface area (Å²) in [5, 5.41) is 11.2. The summed E-state index contributed by atoms with van der Waals surface area (Å²) in [6, 6.07) is 2.98. The summed E-state index contributed by atoms with van der Waals surface area (Å²) in [6.45, 7) is 2.29. The Bertz CT molecular complexity index is 346. The van der Waals surface area contributed by atoms with Gasteiger partial charge in [-0.05, 0) is 18.6 Å². The van der Waals surface area contributed by atoms with Crippen LogP contribution in [0.3, 0.4) is 0 Å². The van der Waals surface area contributed by atoms with Crippen LogP contribution in [0.5, 0.6) is 0 Å². The molecule has 0 aliphatic rings. The zero-order chi connectivity index (χ0) is 12.0. The van der Waals surface area contributed by atoms with E-state index in [0.717, 1.165) is 0 Å². The predicted octanol–water partition coefficient (Wildman–Crippen LogP) is 0.858. The molecule has 0 aliphatic carbocycles. The molecule has 1 atom stereocenters. The highest BCUT2D eigenvalue weighted by Gasteiger charge is 2.16. The number of carboxylic acids is 1. The van der Waals surface area contributed by atoms with Gasteiger partial charge in [0, 0.05) is 25.4 Å². The number of amides is 1. The quantitative estimate of drug-likeness (QED) is 0.752. The minimum atomic E-state index is -0.989. The number of aromatic nitrogens is 1. The van der Waals surface area contributed by atoms with Crippen molar-refractivity contribution in [3.8, 4) is 0 Å². The molecule has 0 saturated carbocycles. The van der Waals surface area contributed by atoms with Crippen LogP contribution >= 0.6 is 0 Å². The molecular formula is C11H16N2O3. The molecule has 0 fully saturated rings. The van der Waals surface area contributed by atoms with Gasteiger partial charge in [-0.15, -0.1) is 0 Å². The molecule has 0 spiro atoms. The lowest BCUT2D eigenvalue weighted by atomic mass is 10.2. The van der Waals surface area contributed by atoms with Crippen molar-refractivity contribution >= 4 is 11.9 Å². The lowest BCUT2D eigenvalue weighted by Gasteiger charge is -2.12. The maximum absolute atomic E-state index is 11.4. The van der Waals surface area contributed by atoms with Gasteiger partial charge < -0.3 is 15.0 Å². The Morgan fingerprint density at radius 2 is 2.00 bits per heavy atom. The Morgan fingerprint density at radius 3 is 2.50 bits per heavy atom. The van der Waals surface area contributed by atoms with Crippen molar-refractivity contribution in [3.63, 3.8) is 0 Å². The lowest BCUT2D eigenvalue weighted by molar-refractivity contribution is -0.141. The summed E-state index contributed by atoms with van der Waals surface area (Å²) in [5.41, 5.74) is 0. The van der Waals surface area contributed by atoms with Gasteiger partial charge in [-0.3, -0.25) is 4.79 Å². The van der Waals surface area contributed by atoms with E-state index in [1.165, 1.54) is 0 Å². The third kappa shape index (κ3) is 3.76. The molecule has 5 nitrogen and oxygen atoms in total. The molecule has 0 bridgehead atoms. The van der Waals surface area contributed by atoms with Gasteiger partial charge in [-0.2, -0.15) is 0 Å². The molecule has 2 N–H and O–H groups in total. The maximum atomic E-state index is 11.4. The SMILES string of the molecule is CCC(NC(=O)CCn1cccc1)C(=O)O. The van der Waals surface area contributed by atoms with Crippen LogP contribution in [0.2, 0.25) is 0 Å². The second-order valence-corrected chi connectivity index (χ2v) is 3.54. The number of aliphatic carboxylic acids is 1. The zero-order valence-electron chi connectivity index (χ0n) is 9.22. The van der Waals surface area contributed by atoms with Crippen LogP contribution in [0.1, 0.15) is 19.8 Å². The number of hydrogen-bond donors (Lipinski definition) is 2. The van der Waals surface area contributed by atoms with Crippen LogP contribution in [0.4, 0.5) is 0 Å². The molecule has 0 saturated heterocycles. The van der Waals surface area contributed by atoms with Gasteiger partial charge in [-0.25, -0.2) is 4.79 Å². The Balaban J connectivity index is 2.33. The van der Waals surface area contributed by atoms with E-state index in [1.807, 2.05) is 29.1 Å². The van der Waals surface area contributed by atoms with Crippen molar-refractivity contribution in [2.24, 2.45) is 0 Å². The number of carboxylic acid groups (broad SMARTS) is 1. The van der Waals surface area contributed by atoms with Crippen LogP contribution in [0.25, 0.3) is 0 Å². The van der Waals surface area contributed by atoms with Crippen molar-refractivity contribution in [1.82, 2.24) is 9.88 Å². The fraction of sp³-hybridized carbons (Fsp3) is 0.455.